The molecule has 25 heavy (non-hydrogen) atoms. The zero-order valence-electron chi connectivity index (χ0n) is 14.6. The van der Waals surface area contributed by atoms with Crippen LogP contribution in [0.15, 0.2) is 12.4 Å². The molecule has 3 saturated heterocycles. The van der Waals surface area contributed by atoms with E-state index in [9.17, 15) is 9.59 Å². The van der Waals surface area contributed by atoms with Crippen molar-refractivity contribution in [1.29, 1.82) is 0 Å². The van der Waals surface area contributed by atoms with Gasteiger partial charge in [-0.25, -0.2) is 0 Å². The monoisotopic (exact) mass is 344 g/mol. The van der Waals surface area contributed by atoms with Crippen molar-refractivity contribution in [3.8, 4) is 0 Å². The number of hydrogen-bond acceptors (Lipinski definition) is 5. The molecule has 0 aromatic carbocycles. The van der Waals surface area contributed by atoms with Gasteiger partial charge in [-0.3, -0.25) is 19.6 Å². The Morgan fingerprint density at radius 2 is 2.00 bits per heavy atom. The number of carbonyl (C=O) groups excluding carboxylic acids is 2. The summed E-state index contributed by atoms with van der Waals surface area (Å²) in [6.45, 7) is 4.44. The molecule has 134 valence electrons. The van der Waals surface area contributed by atoms with E-state index in [-0.39, 0.29) is 29.8 Å². The molecule has 1 aromatic rings. The third kappa shape index (κ3) is 3.13. The Morgan fingerprint density at radius 3 is 2.72 bits per heavy atom. The summed E-state index contributed by atoms with van der Waals surface area (Å²) in [4.78, 5) is 37.9. The van der Waals surface area contributed by atoms with Crippen LogP contribution in [0.3, 0.4) is 0 Å². The van der Waals surface area contributed by atoms with Gasteiger partial charge in [0, 0.05) is 38.3 Å². The molecule has 4 rings (SSSR count). The first-order valence-corrected chi connectivity index (χ1v) is 9.08. The lowest BCUT2D eigenvalue weighted by Gasteiger charge is -2.30. The molecule has 2 amide bonds. The fraction of sp³-hybridized carbons (Fsp3) is 0.667. The molecule has 0 saturated carbocycles. The van der Waals surface area contributed by atoms with Crippen LogP contribution in [-0.4, -0.2) is 63.4 Å². The highest BCUT2D eigenvalue weighted by Crippen LogP contribution is 2.35. The maximum atomic E-state index is 12.9. The average molecular weight is 344 g/mol. The van der Waals surface area contributed by atoms with E-state index in [1.807, 2.05) is 16.7 Å². The molecule has 3 aliphatic heterocycles. The molecular weight excluding hydrogens is 320 g/mol. The minimum Gasteiger partial charge on any atom is -0.381 e. The van der Waals surface area contributed by atoms with E-state index >= 15 is 0 Å². The zero-order valence-corrected chi connectivity index (χ0v) is 14.6. The summed E-state index contributed by atoms with van der Waals surface area (Å²) < 4.78 is 5.36. The Balaban J connectivity index is 1.45. The van der Waals surface area contributed by atoms with Crippen LogP contribution in [-0.2, 0) is 20.9 Å². The maximum absolute atomic E-state index is 12.9. The highest BCUT2D eigenvalue weighted by molar-refractivity contribution is 5.84. The van der Waals surface area contributed by atoms with E-state index in [1.54, 1.807) is 12.4 Å². The molecule has 2 atom stereocenters. The van der Waals surface area contributed by atoms with Crippen molar-refractivity contribution >= 4 is 11.8 Å². The van der Waals surface area contributed by atoms with Crippen LogP contribution in [0, 0.1) is 12.8 Å². The van der Waals surface area contributed by atoms with E-state index in [4.69, 9.17) is 4.74 Å². The lowest BCUT2D eigenvalue weighted by atomic mass is 9.98. The molecule has 0 aliphatic carbocycles. The van der Waals surface area contributed by atoms with E-state index in [1.165, 1.54) is 0 Å². The Bertz CT molecular complexity index is 657. The van der Waals surface area contributed by atoms with Gasteiger partial charge in [0.15, 0.2) is 0 Å². The second-order valence-corrected chi connectivity index (χ2v) is 7.22. The summed E-state index contributed by atoms with van der Waals surface area (Å²) in [7, 11) is 0. The molecule has 0 bridgehead atoms. The molecule has 4 heterocycles. The molecule has 0 N–H and O–H groups in total. The number of carbonyl (C=O) groups is 2. The van der Waals surface area contributed by atoms with Gasteiger partial charge in [0.2, 0.25) is 11.8 Å². The van der Waals surface area contributed by atoms with Crippen molar-refractivity contribution in [3.05, 3.63) is 23.8 Å². The van der Waals surface area contributed by atoms with Gasteiger partial charge in [-0.15, -0.1) is 0 Å². The number of fused-ring (bicyclic) bond motifs is 1. The van der Waals surface area contributed by atoms with Gasteiger partial charge in [-0.2, -0.15) is 0 Å². The third-order valence-electron chi connectivity index (χ3n) is 5.64. The largest absolute Gasteiger partial charge is 0.381 e. The number of hydrogen-bond donors (Lipinski definition) is 0. The lowest BCUT2D eigenvalue weighted by molar-refractivity contribution is -0.139. The quantitative estimate of drug-likeness (QED) is 0.815. The Labute approximate surface area is 147 Å². The van der Waals surface area contributed by atoms with Crippen molar-refractivity contribution in [1.82, 2.24) is 19.8 Å². The van der Waals surface area contributed by atoms with E-state index in [0.717, 1.165) is 37.2 Å². The van der Waals surface area contributed by atoms with Crippen LogP contribution in [0.25, 0.3) is 0 Å². The summed E-state index contributed by atoms with van der Waals surface area (Å²) in [5.74, 6) is 0.377. The van der Waals surface area contributed by atoms with Crippen molar-refractivity contribution < 1.29 is 14.3 Å². The van der Waals surface area contributed by atoms with E-state index in [0.29, 0.717) is 26.2 Å². The van der Waals surface area contributed by atoms with Crippen LogP contribution in [0.2, 0.25) is 0 Å². The minimum absolute atomic E-state index is 0.0150. The molecule has 3 fully saturated rings. The Morgan fingerprint density at radius 1 is 1.20 bits per heavy atom. The summed E-state index contributed by atoms with van der Waals surface area (Å²) in [5, 5.41) is 0. The van der Waals surface area contributed by atoms with Crippen LogP contribution >= 0.6 is 0 Å². The molecule has 0 spiro atoms. The van der Waals surface area contributed by atoms with E-state index < -0.39 is 0 Å². The first-order valence-electron chi connectivity index (χ1n) is 9.08. The summed E-state index contributed by atoms with van der Waals surface area (Å²) in [6, 6.07) is 0.126. The topological polar surface area (TPSA) is 75.6 Å². The SMILES string of the molecule is Cc1cnc(CN2C(=O)C[C@H]3[C@@H]2CCN3C(=O)C2CCOCC2)cn1. The summed E-state index contributed by atoms with van der Waals surface area (Å²) in [6.07, 6.45) is 6.33. The van der Waals surface area contributed by atoms with Gasteiger partial charge in [-0.1, -0.05) is 0 Å². The van der Waals surface area contributed by atoms with Gasteiger partial charge in [-0.05, 0) is 26.2 Å². The fourth-order valence-electron chi connectivity index (χ4n) is 4.26. The van der Waals surface area contributed by atoms with Crippen LogP contribution in [0.4, 0.5) is 0 Å². The number of rotatable bonds is 3. The minimum atomic E-state index is 0.0150. The molecule has 0 radical (unpaired) electrons. The van der Waals surface area contributed by atoms with Crippen molar-refractivity contribution in [2.24, 2.45) is 5.92 Å². The predicted molar refractivity (Wildman–Crippen MR) is 89.4 cm³/mol. The van der Waals surface area contributed by atoms with Gasteiger partial charge < -0.3 is 14.5 Å². The standard InChI is InChI=1S/C18H24N4O3/c1-12-9-20-14(10-19-12)11-22-15-2-5-21(16(15)8-17(22)23)18(24)13-3-6-25-7-4-13/h9-10,13,15-16H,2-8,11H2,1H3/t15-,16-/m0/s1. The first-order chi connectivity index (χ1) is 12.1. The number of aryl methyl sites for hydroxylation is 1. The number of aromatic nitrogens is 2. The predicted octanol–water partition coefficient (Wildman–Crippen LogP) is 0.913. The van der Waals surface area contributed by atoms with Gasteiger partial charge in [0.05, 0.1) is 36.2 Å². The van der Waals surface area contributed by atoms with Gasteiger partial charge in [0.1, 0.15) is 0 Å². The van der Waals surface area contributed by atoms with E-state index in [2.05, 4.69) is 9.97 Å². The number of nitrogens with zero attached hydrogens (tertiary/aromatic N) is 4. The molecule has 0 unspecified atom stereocenters. The normalized spacial score (nSPS) is 27.0. The van der Waals surface area contributed by atoms with Gasteiger partial charge in [0.25, 0.3) is 0 Å². The van der Waals surface area contributed by atoms with Gasteiger partial charge >= 0.3 is 0 Å². The highest BCUT2D eigenvalue weighted by atomic mass is 16.5. The second-order valence-electron chi connectivity index (χ2n) is 7.22. The molecule has 7 nitrogen and oxygen atoms in total. The number of likely N-dealkylation sites (tertiary alicyclic amines) is 2. The third-order valence-corrected chi connectivity index (χ3v) is 5.64. The van der Waals surface area contributed by atoms with Crippen LogP contribution in [0.1, 0.15) is 37.1 Å². The first kappa shape index (κ1) is 16.4. The number of amides is 2. The summed E-state index contributed by atoms with van der Waals surface area (Å²) in [5.41, 5.74) is 1.66. The zero-order chi connectivity index (χ0) is 17.4. The van der Waals surface area contributed by atoms with Crippen molar-refractivity contribution in [2.75, 3.05) is 19.8 Å². The smallest absolute Gasteiger partial charge is 0.226 e. The maximum Gasteiger partial charge on any atom is 0.226 e. The van der Waals surface area contributed by atoms with Crippen LogP contribution in [0.5, 0.6) is 0 Å². The fourth-order valence-corrected chi connectivity index (χ4v) is 4.26. The highest BCUT2D eigenvalue weighted by Gasteiger charge is 2.49. The average Bonchev–Trinajstić information content (AvgIpc) is 3.17. The second kappa shape index (κ2) is 6.71. The number of ether oxygens (including phenoxy) is 1. The summed E-state index contributed by atoms with van der Waals surface area (Å²) >= 11 is 0. The Kier molecular flexibility index (Phi) is 4.41. The molecule has 3 aliphatic rings. The molecule has 1 aromatic heterocycles. The molecule has 7 heteroatoms. The lowest BCUT2D eigenvalue weighted by Crippen LogP contribution is -2.43. The molecular formula is C18H24N4O3. The van der Waals surface area contributed by atoms with Crippen molar-refractivity contribution in [3.63, 3.8) is 0 Å². The van der Waals surface area contributed by atoms with Crippen LogP contribution < -0.4 is 0 Å². The van der Waals surface area contributed by atoms with Crippen molar-refractivity contribution in [2.45, 2.75) is 51.2 Å². The Hall–Kier alpha value is -2.02.